The van der Waals surface area contributed by atoms with Crippen LogP contribution in [-0.2, 0) is 0 Å². The van der Waals surface area contributed by atoms with E-state index in [9.17, 15) is 0 Å². The molecule has 0 fully saturated rings. The zero-order valence-electron chi connectivity index (χ0n) is 20.3. The minimum Gasteiger partial charge on any atom is -0.0622 e. The van der Waals surface area contributed by atoms with Crippen molar-refractivity contribution in [2.45, 2.75) is 0 Å². The van der Waals surface area contributed by atoms with Crippen LogP contribution in [0.15, 0.2) is 156 Å². The summed E-state index contributed by atoms with van der Waals surface area (Å²) in [6.45, 7) is 0. The lowest BCUT2D eigenvalue weighted by Gasteiger charge is -2.24. The molecule has 0 saturated heterocycles. The fraction of sp³-hybridized carbons (Fsp3) is 0. The van der Waals surface area contributed by atoms with Crippen LogP contribution in [0.1, 0.15) is 0 Å². The molecule has 176 valence electrons. The Bertz CT molecular complexity index is 1640. The number of halogens is 1. The molecule has 6 aromatic rings. The Kier molecular flexibility index (Phi) is 6.54. The highest BCUT2D eigenvalue weighted by Gasteiger charge is 2.23. The summed E-state index contributed by atoms with van der Waals surface area (Å²) in [4.78, 5) is 0. The van der Waals surface area contributed by atoms with Crippen LogP contribution in [0.25, 0.3) is 55.6 Å². The van der Waals surface area contributed by atoms with Gasteiger partial charge in [-0.15, -0.1) is 0 Å². The average molecular weight is 538 g/mol. The molecule has 0 aliphatic heterocycles. The fourth-order valence-corrected chi connectivity index (χ4v) is 5.51. The van der Waals surface area contributed by atoms with Gasteiger partial charge in [-0.25, -0.2) is 0 Å². The minimum atomic E-state index is 1.07. The molecular weight excluding hydrogens is 512 g/mol. The lowest BCUT2D eigenvalue weighted by atomic mass is 9.79. The number of hydrogen-bond acceptors (Lipinski definition) is 0. The summed E-state index contributed by atoms with van der Waals surface area (Å²) in [6, 6.07) is 54.1. The lowest BCUT2D eigenvalue weighted by molar-refractivity contribution is 1.52. The molecule has 0 aliphatic carbocycles. The Morgan fingerprint density at radius 3 is 1.14 bits per heavy atom. The van der Waals surface area contributed by atoms with E-state index in [1.807, 2.05) is 0 Å². The van der Waals surface area contributed by atoms with Gasteiger partial charge in [0.25, 0.3) is 0 Å². The van der Waals surface area contributed by atoms with Crippen molar-refractivity contribution in [1.29, 1.82) is 0 Å². The molecule has 0 radical (unpaired) electrons. The van der Waals surface area contributed by atoms with Crippen molar-refractivity contribution >= 4 is 15.9 Å². The van der Waals surface area contributed by atoms with E-state index in [2.05, 4.69) is 168 Å². The maximum absolute atomic E-state index is 3.72. The van der Waals surface area contributed by atoms with Crippen molar-refractivity contribution in [3.8, 4) is 55.6 Å². The predicted molar refractivity (Wildman–Crippen MR) is 161 cm³/mol. The maximum Gasteiger partial charge on any atom is 0.0181 e. The second kappa shape index (κ2) is 10.4. The van der Waals surface area contributed by atoms with Crippen LogP contribution in [0.4, 0.5) is 0 Å². The SMILES string of the molecule is Brc1cccc(-c2cc(-c3ccccc3)c(-c3ccccc3)c(-c3ccccc3)c2-c2ccccc2)c1. The molecule has 0 saturated carbocycles. The minimum absolute atomic E-state index is 1.07. The first-order valence-electron chi connectivity index (χ1n) is 12.5. The summed E-state index contributed by atoms with van der Waals surface area (Å²) in [5, 5.41) is 0. The van der Waals surface area contributed by atoms with Gasteiger partial charge in [0.2, 0.25) is 0 Å². The Morgan fingerprint density at radius 2 is 0.676 bits per heavy atom. The van der Waals surface area contributed by atoms with Gasteiger partial charge in [-0.3, -0.25) is 0 Å². The van der Waals surface area contributed by atoms with Gasteiger partial charge in [-0.2, -0.15) is 0 Å². The molecule has 0 spiro atoms. The highest BCUT2D eigenvalue weighted by molar-refractivity contribution is 9.10. The van der Waals surface area contributed by atoms with Crippen LogP contribution in [0.2, 0.25) is 0 Å². The van der Waals surface area contributed by atoms with E-state index in [-0.39, 0.29) is 0 Å². The van der Waals surface area contributed by atoms with E-state index in [0.717, 1.165) is 4.47 Å². The van der Waals surface area contributed by atoms with Crippen molar-refractivity contribution in [2.24, 2.45) is 0 Å². The van der Waals surface area contributed by atoms with Crippen LogP contribution >= 0.6 is 15.9 Å². The van der Waals surface area contributed by atoms with Gasteiger partial charge >= 0.3 is 0 Å². The van der Waals surface area contributed by atoms with E-state index in [4.69, 9.17) is 0 Å². The standard InChI is InChI=1S/C36H25Br/c37-31-23-13-22-30(24-31)33-25-32(26-14-5-1-6-15-26)34(27-16-7-2-8-17-27)36(29-20-11-4-12-21-29)35(33)28-18-9-3-10-19-28/h1-25H. The normalized spacial score (nSPS) is 10.8. The van der Waals surface area contributed by atoms with Gasteiger partial charge in [0, 0.05) is 4.47 Å². The van der Waals surface area contributed by atoms with Crippen molar-refractivity contribution in [1.82, 2.24) is 0 Å². The summed E-state index contributed by atoms with van der Waals surface area (Å²) in [5.41, 5.74) is 12.2. The topological polar surface area (TPSA) is 0 Å². The quantitative estimate of drug-likeness (QED) is 0.205. The maximum atomic E-state index is 3.72. The third-order valence-electron chi connectivity index (χ3n) is 6.74. The molecule has 0 amide bonds. The summed E-state index contributed by atoms with van der Waals surface area (Å²) in [6.07, 6.45) is 0. The van der Waals surface area contributed by atoms with E-state index >= 15 is 0 Å². The number of benzene rings is 6. The van der Waals surface area contributed by atoms with Crippen molar-refractivity contribution < 1.29 is 0 Å². The molecule has 6 aromatic carbocycles. The van der Waals surface area contributed by atoms with Gasteiger partial charge in [-0.1, -0.05) is 149 Å². The summed E-state index contributed by atoms with van der Waals surface area (Å²) >= 11 is 3.72. The molecule has 0 atom stereocenters. The molecule has 1 heteroatoms. The van der Waals surface area contributed by atoms with Crippen molar-refractivity contribution in [3.63, 3.8) is 0 Å². The molecule has 37 heavy (non-hydrogen) atoms. The lowest BCUT2D eigenvalue weighted by Crippen LogP contribution is -1.98. The number of hydrogen-bond donors (Lipinski definition) is 0. The first-order valence-corrected chi connectivity index (χ1v) is 13.3. The highest BCUT2D eigenvalue weighted by atomic mass is 79.9. The smallest absolute Gasteiger partial charge is 0.0181 e. The first kappa shape index (κ1) is 23.2. The first-order chi connectivity index (χ1) is 18.3. The molecule has 0 N–H and O–H groups in total. The van der Waals surface area contributed by atoms with Crippen molar-refractivity contribution in [3.05, 3.63) is 156 Å². The molecule has 0 bridgehead atoms. The summed E-state index contributed by atoms with van der Waals surface area (Å²) in [5.74, 6) is 0. The molecule has 0 aromatic heterocycles. The van der Waals surface area contributed by atoms with Crippen LogP contribution < -0.4 is 0 Å². The Morgan fingerprint density at radius 1 is 0.297 bits per heavy atom. The molecule has 0 aliphatic rings. The summed E-state index contributed by atoms with van der Waals surface area (Å²) in [7, 11) is 0. The molecule has 0 unspecified atom stereocenters. The van der Waals surface area contributed by atoms with E-state index in [1.54, 1.807) is 0 Å². The monoisotopic (exact) mass is 536 g/mol. The van der Waals surface area contributed by atoms with E-state index in [1.165, 1.54) is 55.6 Å². The van der Waals surface area contributed by atoms with E-state index < -0.39 is 0 Å². The average Bonchev–Trinajstić information content (AvgIpc) is 2.98. The van der Waals surface area contributed by atoms with Crippen LogP contribution in [0, 0.1) is 0 Å². The fourth-order valence-electron chi connectivity index (χ4n) is 5.11. The molecular formula is C36H25Br. The van der Waals surface area contributed by atoms with Gasteiger partial charge in [0.1, 0.15) is 0 Å². The van der Waals surface area contributed by atoms with Crippen molar-refractivity contribution in [2.75, 3.05) is 0 Å². The molecule has 6 rings (SSSR count). The predicted octanol–water partition coefficient (Wildman–Crippen LogP) is 10.8. The van der Waals surface area contributed by atoms with E-state index in [0.29, 0.717) is 0 Å². The van der Waals surface area contributed by atoms with Crippen LogP contribution in [0.5, 0.6) is 0 Å². The Labute approximate surface area is 227 Å². The van der Waals surface area contributed by atoms with Crippen LogP contribution in [-0.4, -0.2) is 0 Å². The van der Waals surface area contributed by atoms with Gasteiger partial charge < -0.3 is 0 Å². The second-order valence-corrected chi connectivity index (χ2v) is 9.99. The van der Waals surface area contributed by atoms with Gasteiger partial charge in [0.05, 0.1) is 0 Å². The third-order valence-corrected chi connectivity index (χ3v) is 7.23. The Hall–Kier alpha value is -4.20. The molecule has 0 heterocycles. The zero-order valence-corrected chi connectivity index (χ0v) is 21.9. The Balaban J connectivity index is 1.85. The largest absolute Gasteiger partial charge is 0.0622 e. The molecule has 0 nitrogen and oxygen atoms in total. The third kappa shape index (κ3) is 4.67. The summed E-state index contributed by atoms with van der Waals surface area (Å²) < 4.78 is 1.07. The highest BCUT2D eigenvalue weighted by Crippen LogP contribution is 2.50. The number of rotatable bonds is 5. The second-order valence-electron chi connectivity index (χ2n) is 9.07. The van der Waals surface area contributed by atoms with Gasteiger partial charge in [0.15, 0.2) is 0 Å². The van der Waals surface area contributed by atoms with Gasteiger partial charge in [-0.05, 0) is 73.8 Å². The van der Waals surface area contributed by atoms with Crippen LogP contribution in [0.3, 0.4) is 0 Å². The zero-order chi connectivity index (χ0) is 25.0.